The van der Waals surface area contributed by atoms with Crippen LogP contribution in [0.5, 0.6) is 0 Å². The lowest BCUT2D eigenvalue weighted by atomic mass is 10.1. The molecule has 0 aliphatic carbocycles. The van der Waals surface area contributed by atoms with Crippen LogP contribution >= 0.6 is 0 Å². The Morgan fingerprint density at radius 2 is 1.57 bits per heavy atom. The lowest BCUT2D eigenvalue weighted by Crippen LogP contribution is -2.51. The van der Waals surface area contributed by atoms with E-state index < -0.39 is 28.5 Å². The fourth-order valence-electron chi connectivity index (χ4n) is 3.91. The summed E-state index contributed by atoms with van der Waals surface area (Å²) < 4.78 is 28.7. The first-order chi connectivity index (χ1) is 17.6. The number of anilines is 1. The first-order valence-electron chi connectivity index (χ1n) is 12.4. The summed E-state index contributed by atoms with van der Waals surface area (Å²) in [5, 5.41) is 2.84. The van der Waals surface area contributed by atoms with Crippen molar-refractivity contribution < 1.29 is 18.0 Å². The molecule has 0 saturated heterocycles. The molecule has 37 heavy (non-hydrogen) atoms. The second kappa shape index (κ2) is 12.5. The predicted octanol–water partition coefficient (Wildman–Crippen LogP) is 4.44. The molecule has 0 aliphatic rings. The maximum absolute atomic E-state index is 13.8. The number of benzene rings is 3. The molecule has 196 valence electrons. The van der Waals surface area contributed by atoms with Crippen molar-refractivity contribution in [2.24, 2.45) is 0 Å². The first-order valence-corrected chi connectivity index (χ1v) is 13.8. The number of hydrogen-bond donors (Lipinski definition) is 1. The van der Waals surface area contributed by atoms with Crippen LogP contribution in [0.1, 0.15) is 37.0 Å². The lowest BCUT2D eigenvalue weighted by molar-refractivity contribution is -0.139. The van der Waals surface area contributed by atoms with Gasteiger partial charge in [0.2, 0.25) is 11.8 Å². The van der Waals surface area contributed by atoms with E-state index in [-0.39, 0.29) is 17.3 Å². The molecular formula is C29H35N3O4S. The number of amides is 2. The third-order valence-electron chi connectivity index (χ3n) is 6.09. The van der Waals surface area contributed by atoms with E-state index in [1.165, 1.54) is 4.90 Å². The van der Waals surface area contributed by atoms with Crippen LogP contribution in [0.15, 0.2) is 83.8 Å². The van der Waals surface area contributed by atoms with Crippen molar-refractivity contribution in [3.8, 4) is 0 Å². The highest BCUT2D eigenvalue weighted by atomic mass is 32.2. The molecule has 0 radical (unpaired) electrons. The average Bonchev–Trinajstić information content (AvgIpc) is 2.89. The van der Waals surface area contributed by atoms with Gasteiger partial charge in [-0.1, -0.05) is 67.1 Å². The number of aryl methyl sites for hydroxylation is 2. The summed E-state index contributed by atoms with van der Waals surface area (Å²) in [7, 11) is -4.06. The number of carbonyl (C=O) groups is 2. The van der Waals surface area contributed by atoms with Crippen LogP contribution in [0.4, 0.5) is 5.69 Å². The number of rotatable bonds is 11. The van der Waals surface area contributed by atoms with Gasteiger partial charge in [-0.25, -0.2) is 8.42 Å². The van der Waals surface area contributed by atoms with Crippen molar-refractivity contribution in [3.05, 3.63) is 95.6 Å². The first kappa shape index (κ1) is 27.9. The second-order valence-corrected chi connectivity index (χ2v) is 11.0. The lowest BCUT2D eigenvalue weighted by Gasteiger charge is -2.32. The van der Waals surface area contributed by atoms with Crippen molar-refractivity contribution in [2.45, 2.75) is 51.6 Å². The van der Waals surface area contributed by atoms with Crippen molar-refractivity contribution in [1.29, 1.82) is 0 Å². The summed E-state index contributed by atoms with van der Waals surface area (Å²) >= 11 is 0. The van der Waals surface area contributed by atoms with Crippen molar-refractivity contribution in [2.75, 3.05) is 17.4 Å². The molecule has 0 heterocycles. The van der Waals surface area contributed by atoms with Gasteiger partial charge in [0.15, 0.2) is 0 Å². The van der Waals surface area contributed by atoms with Gasteiger partial charge in [-0.2, -0.15) is 0 Å². The van der Waals surface area contributed by atoms with Gasteiger partial charge in [0.25, 0.3) is 10.0 Å². The minimum absolute atomic E-state index is 0.0933. The van der Waals surface area contributed by atoms with E-state index in [0.717, 1.165) is 27.4 Å². The fourth-order valence-corrected chi connectivity index (χ4v) is 5.31. The van der Waals surface area contributed by atoms with Gasteiger partial charge < -0.3 is 10.2 Å². The molecular weight excluding hydrogens is 486 g/mol. The molecule has 0 spiro atoms. The zero-order valence-corrected chi connectivity index (χ0v) is 22.7. The highest BCUT2D eigenvalue weighted by Crippen LogP contribution is 2.25. The van der Waals surface area contributed by atoms with Crippen LogP contribution in [0, 0.1) is 13.8 Å². The van der Waals surface area contributed by atoms with Crippen LogP contribution in [0.3, 0.4) is 0 Å². The maximum atomic E-state index is 13.8. The molecule has 0 fully saturated rings. The number of nitrogens with one attached hydrogen (secondary N) is 1. The number of hydrogen-bond acceptors (Lipinski definition) is 4. The van der Waals surface area contributed by atoms with E-state index in [9.17, 15) is 18.0 Å². The molecule has 1 atom stereocenters. The SMILES string of the molecule is CCCNC(=O)[C@H](C)N(Cc1ccccc1)C(=O)CN(c1cccc(C)c1)S(=O)(=O)c1ccc(C)cc1. The highest BCUT2D eigenvalue weighted by molar-refractivity contribution is 7.92. The smallest absolute Gasteiger partial charge is 0.264 e. The van der Waals surface area contributed by atoms with Crippen LogP contribution < -0.4 is 9.62 Å². The summed E-state index contributed by atoms with van der Waals surface area (Å²) in [5.41, 5.74) is 3.02. The molecule has 2 amide bonds. The molecule has 3 aromatic carbocycles. The maximum Gasteiger partial charge on any atom is 0.264 e. The van der Waals surface area contributed by atoms with Gasteiger partial charge in [0.05, 0.1) is 10.6 Å². The molecule has 0 saturated carbocycles. The molecule has 7 nitrogen and oxygen atoms in total. The molecule has 0 aliphatic heterocycles. The quantitative estimate of drug-likeness (QED) is 0.404. The van der Waals surface area contributed by atoms with Crippen molar-refractivity contribution in [1.82, 2.24) is 10.2 Å². The van der Waals surface area contributed by atoms with Crippen molar-refractivity contribution in [3.63, 3.8) is 0 Å². The monoisotopic (exact) mass is 521 g/mol. The third kappa shape index (κ3) is 7.20. The van der Waals surface area contributed by atoms with Crippen molar-refractivity contribution >= 4 is 27.5 Å². The Kier molecular flexibility index (Phi) is 9.47. The Labute approximate surface area is 220 Å². The number of nitrogens with zero attached hydrogens (tertiary/aromatic N) is 2. The minimum Gasteiger partial charge on any atom is -0.354 e. The zero-order chi connectivity index (χ0) is 27.0. The van der Waals surface area contributed by atoms with Gasteiger partial charge in [-0.05, 0) is 62.6 Å². The number of sulfonamides is 1. The van der Waals surface area contributed by atoms with Crippen LogP contribution in [0.2, 0.25) is 0 Å². The molecule has 3 rings (SSSR count). The van der Waals surface area contributed by atoms with Gasteiger partial charge in [-0.15, -0.1) is 0 Å². The van der Waals surface area contributed by atoms with E-state index in [2.05, 4.69) is 5.32 Å². The van der Waals surface area contributed by atoms with Gasteiger partial charge >= 0.3 is 0 Å². The second-order valence-electron chi connectivity index (χ2n) is 9.14. The fraction of sp³-hybridized carbons (Fsp3) is 0.310. The standard InChI is InChI=1S/C29H35N3O4S/c1-5-18-30-29(34)24(4)31(20-25-11-7-6-8-12-25)28(33)21-32(26-13-9-10-23(3)19-26)37(35,36)27-16-14-22(2)15-17-27/h6-17,19,24H,5,18,20-21H2,1-4H3,(H,30,34)/t24-/m0/s1. The number of carbonyl (C=O) groups excluding carboxylic acids is 2. The molecule has 3 aromatic rings. The summed E-state index contributed by atoms with van der Waals surface area (Å²) in [6.07, 6.45) is 0.765. The Morgan fingerprint density at radius 3 is 2.19 bits per heavy atom. The minimum atomic E-state index is -4.06. The van der Waals surface area contributed by atoms with E-state index in [1.807, 2.05) is 57.2 Å². The zero-order valence-electron chi connectivity index (χ0n) is 21.8. The molecule has 8 heteroatoms. The van der Waals surface area contributed by atoms with Gasteiger partial charge in [0, 0.05) is 13.1 Å². The molecule has 0 aromatic heterocycles. The summed E-state index contributed by atoms with van der Waals surface area (Å²) in [6.45, 7) is 7.58. The molecule has 1 N–H and O–H groups in total. The summed E-state index contributed by atoms with van der Waals surface area (Å²) in [5.74, 6) is -0.755. The summed E-state index contributed by atoms with van der Waals surface area (Å²) in [4.78, 5) is 28.2. The Balaban J connectivity index is 2.00. The van der Waals surface area contributed by atoms with Crippen LogP contribution in [-0.2, 0) is 26.2 Å². The highest BCUT2D eigenvalue weighted by Gasteiger charge is 2.32. The molecule has 0 unspecified atom stereocenters. The van der Waals surface area contributed by atoms with E-state index >= 15 is 0 Å². The topological polar surface area (TPSA) is 86.8 Å². The van der Waals surface area contributed by atoms with E-state index in [4.69, 9.17) is 0 Å². The average molecular weight is 522 g/mol. The Morgan fingerprint density at radius 1 is 0.892 bits per heavy atom. The van der Waals surface area contributed by atoms with Gasteiger partial charge in [0.1, 0.15) is 12.6 Å². The van der Waals surface area contributed by atoms with E-state index in [1.54, 1.807) is 49.4 Å². The van der Waals surface area contributed by atoms with E-state index in [0.29, 0.717) is 12.2 Å². The normalized spacial score (nSPS) is 12.0. The third-order valence-corrected chi connectivity index (χ3v) is 7.88. The van der Waals surface area contributed by atoms with Gasteiger partial charge in [-0.3, -0.25) is 13.9 Å². The van der Waals surface area contributed by atoms with Crippen LogP contribution in [0.25, 0.3) is 0 Å². The summed E-state index contributed by atoms with van der Waals surface area (Å²) in [6, 6.07) is 22.1. The molecule has 0 bridgehead atoms. The Bertz CT molecular complexity index is 1310. The van der Waals surface area contributed by atoms with Crippen LogP contribution in [-0.4, -0.2) is 44.3 Å². The Hall–Kier alpha value is -3.65. The predicted molar refractivity (Wildman–Crippen MR) is 147 cm³/mol. The largest absolute Gasteiger partial charge is 0.354 e.